The highest BCUT2D eigenvalue weighted by atomic mass is 32.2. The van der Waals surface area contributed by atoms with Gasteiger partial charge in [-0.2, -0.15) is 0 Å². The van der Waals surface area contributed by atoms with Gasteiger partial charge in [0.05, 0.1) is 5.75 Å². The summed E-state index contributed by atoms with van der Waals surface area (Å²) in [6, 6.07) is 9.56. The second-order valence-electron chi connectivity index (χ2n) is 4.63. The SMILES string of the molecule is C[Si](C)(C)C#CCS(=O)C#Cc1ccccc1. The van der Waals surface area contributed by atoms with Gasteiger partial charge in [0, 0.05) is 10.8 Å². The average Bonchev–Trinajstić information content (AvgIpc) is 2.26. The molecule has 1 atom stereocenters. The Kier molecular flexibility index (Phi) is 5.22. The normalized spacial score (nSPS) is 11.7. The van der Waals surface area contributed by atoms with Gasteiger partial charge >= 0.3 is 0 Å². The zero-order valence-electron chi connectivity index (χ0n) is 10.4. The van der Waals surface area contributed by atoms with Crippen molar-refractivity contribution < 1.29 is 4.21 Å². The Labute approximate surface area is 107 Å². The summed E-state index contributed by atoms with van der Waals surface area (Å²) in [7, 11) is -2.52. The van der Waals surface area contributed by atoms with E-state index in [1.54, 1.807) is 0 Å². The number of rotatable bonds is 1. The van der Waals surface area contributed by atoms with Gasteiger partial charge in [0.1, 0.15) is 18.9 Å². The molecule has 0 N–H and O–H groups in total. The Morgan fingerprint density at radius 3 is 2.41 bits per heavy atom. The van der Waals surface area contributed by atoms with Gasteiger partial charge in [-0.25, -0.2) is 4.21 Å². The summed E-state index contributed by atoms with van der Waals surface area (Å²) in [5.74, 6) is 6.21. The Morgan fingerprint density at radius 2 is 1.82 bits per heavy atom. The molecule has 0 aliphatic heterocycles. The molecule has 1 nitrogen and oxygen atoms in total. The number of benzene rings is 1. The van der Waals surface area contributed by atoms with Crippen LogP contribution in [0.5, 0.6) is 0 Å². The molecule has 0 spiro atoms. The molecule has 88 valence electrons. The van der Waals surface area contributed by atoms with Crippen LogP contribution in [-0.4, -0.2) is 18.0 Å². The largest absolute Gasteiger partial charge is 0.245 e. The first-order valence-corrected chi connectivity index (χ1v) is 10.2. The Morgan fingerprint density at radius 1 is 1.18 bits per heavy atom. The smallest absolute Gasteiger partial charge is 0.129 e. The minimum atomic E-state index is -1.35. The lowest BCUT2D eigenvalue weighted by atomic mass is 10.2. The van der Waals surface area contributed by atoms with Crippen LogP contribution in [-0.2, 0) is 10.8 Å². The van der Waals surface area contributed by atoms with Crippen molar-refractivity contribution in [2.75, 3.05) is 5.75 Å². The standard InChI is InChI=1S/C14H16OSSi/c1-17(2,3)13-7-11-16(15)12-10-14-8-5-4-6-9-14/h4-6,8-9H,11H2,1-3H3. The zero-order valence-corrected chi connectivity index (χ0v) is 12.2. The van der Waals surface area contributed by atoms with E-state index in [-0.39, 0.29) is 0 Å². The van der Waals surface area contributed by atoms with Crippen LogP contribution in [0, 0.1) is 22.6 Å². The van der Waals surface area contributed by atoms with E-state index in [2.05, 4.69) is 42.3 Å². The third kappa shape index (κ3) is 6.79. The summed E-state index contributed by atoms with van der Waals surface area (Å²) < 4.78 is 11.6. The van der Waals surface area contributed by atoms with Gasteiger partial charge in [0.15, 0.2) is 0 Å². The molecule has 3 heteroatoms. The van der Waals surface area contributed by atoms with E-state index >= 15 is 0 Å². The van der Waals surface area contributed by atoms with Gasteiger partial charge in [-0.3, -0.25) is 0 Å². The molecular formula is C14H16OSSi. The molecule has 0 fully saturated rings. The molecule has 0 saturated heterocycles. The quantitative estimate of drug-likeness (QED) is 0.560. The monoisotopic (exact) mass is 260 g/mol. The van der Waals surface area contributed by atoms with Crippen molar-refractivity contribution in [3.8, 4) is 22.6 Å². The van der Waals surface area contributed by atoms with Gasteiger partial charge in [-0.15, -0.1) is 5.54 Å². The van der Waals surface area contributed by atoms with Gasteiger partial charge in [0.25, 0.3) is 0 Å². The van der Waals surface area contributed by atoms with Crippen LogP contribution in [0.3, 0.4) is 0 Å². The van der Waals surface area contributed by atoms with E-state index in [9.17, 15) is 4.21 Å². The maximum atomic E-state index is 11.6. The molecule has 1 unspecified atom stereocenters. The highest BCUT2D eigenvalue weighted by molar-refractivity contribution is 7.90. The minimum Gasteiger partial charge on any atom is -0.245 e. The van der Waals surface area contributed by atoms with Crippen molar-refractivity contribution in [2.24, 2.45) is 0 Å². The van der Waals surface area contributed by atoms with Gasteiger partial charge in [-0.1, -0.05) is 49.7 Å². The van der Waals surface area contributed by atoms with E-state index in [1.807, 2.05) is 30.3 Å². The first kappa shape index (κ1) is 13.8. The van der Waals surface area contributed by atoms with Crippen LogP contribution < -0.4 is 0 Å². The predicted molar refractivity (Wildman–Crippen MR) is 77.5 cm³/mol. The highest BCUT2D eigenvalue weighted by Crippen LogP contribution is 1.97. The summed E-state index contributed by atoms with van der Waals surface area (Å²) in [4.78, 5) is 0. The third-order valence-corrected chi connectivity index (χ3v) is 3.41. The molecule has 0 aliphatic carbocycles. The lowest BCUT2D eigenvalue weighted by molar-refractivity contribution is 0.691. The predicted octanol–water partition coefficient (Wildman–Crippen LogP) is 2.63. The van der Waals surface area contributed by atoms with E-state index in [4.69, 9.17) is 0 Å². The second kappa shape index (κ2) is 6.44. The van der Waals surface area contributed by atoms with Gasteiger partial charge < -0.3 is 0 Å². The van der Waals surface area contributed by atoms with E-state index < -0.39 is 18.9 Å². The first-order chi connectivity index (χ1) is 7.97. The number of hydrogen-bond donors (Lipinski definition) is 0. The fraction of sp³-hybridized carbons (Fsp3) is 0.286. The molecule has 0 aliphatic rings. The Hall–Kier alpha value is -1.29. The van der Waals surface area contributed by atoms with Gasteiger partial charge in [0.2, 0.25) is 0 Å². The van der Waals surface area contributed by atoms with Crippen molar-refractivity contribution in [2.45, 2.75) is 19.6 Å². The van der Waals surface area contributed by atoms with Crippen LogP contribution in [0.2, 0.25) is 19.6 Å². The van der Waals surface area contributed by atoms with Crippen molar-refractivity contribution in [1.29, 1.82) is 0 Å². The van der Waals surface area contributed by atoms with Crippen LogP contribution in [0.4, 0.5) is 0 Å². The molecule has 0 aromatic heterocycles. The lowest BCUT2D eigenvalue weighted by Gasteiger charge is -2.02. The minimum absolute atomic E-state index is 0.351. The molecule has 1 aromatic carbocycles. The lowest BCUT2D eigenvalue weighted by Crippen LogP contribution is -2.16. The summed E-state index contributed by atoms with van der Waals surface area (Å²) in [6.07, 6.45) is 0. The van der Waals surface area contributed by atoms with Crippen LogP contribution in [0.25, 0.3) is 0 Å². The number of hydrogen-bond acceptors (Lipinski definition) is 1. The highest BCUT2D eigenvalue weighted by Gasteiger charge is 2.07. The molecule has 1 aromatic rings. The summed E-state index contributed by atoms with van der Waals surface area (Å²) in [5.41, 5.74) is 4.07. The second-order valence-corrected chi connectivity index (χ2v) is 10.6. The van der Waals surface area contributed by atoms with Crippen LogP contribution >= 0.6 is 0 Å². The van der Waals surface area contributed by atoms with Crippen molar-refractivity contribution in [3.63, 3.8) is 0 Å². The fourth-order valence-corrected chi connectivity index (χ4v) is 2.29. The first-order valence-electron chi connectivity index (χ1n) is 5.42. The fourth-order valence-electron chi connectivity index (χ4n) is 1.04. The van der Waals surface area contributed by atoms with E-state index in [0.717, 1.165) is 5.56 Å². The molecule has 0 heterocycles. The molecule has 1 rings (SSSR count). The maximum absolute atomic E-state index is 11.6. The Bertz CT molecular complexity index is 506. The van der Waals surface area contributed by atoms with Crippen LogP contribution in [0.1, 0.15) is 5.56 Å². The van der Waals surface area contributed by atoms with Gasteiger partial charge in [-0.05, 0) is 12.1 Å². The maximum Gasteiger partial charge on any atom is 0.129 e. The van der Waals surface area contributed by atoms with Crippen molar-refractivity contribution >= 4 is 18.9 Å². The molecule has 0 amide bonds. The topological polar surface area (TPSA) is 17.1 Å². The van der Waals surface area contributed by atoms with E-state index in [1.165, 1.54) is 0 Å². The van der Waals surface area contributed by atoms with Crippen molar-refractivity contribution in [1.82, 2.24) is 0 Å². The molecule has 17 heavy (non-hydrogen) atoms. The molecule has 0 bridgehead atoms. The van der Waals surface area contributed by atoms with E-state index in [0.29, 0.717) is 5.75 Å². The molecule has 0 saturated carbocycles. The summed E-state index contributed by atoms with van der Waals surface area (Å²) in [5, 5.41) is 2.72. The molecular weight excluding hydrogens is 244 g/mol. The van der Waals surface area contributed by atoms with Crippen molar-refractivity contribution in [3.05, 3.63) is 35.9 Å². The summed E-state index contributed by atoms with van der Waals surface area (Å²) in [6.45, 7) is 6.50. The average molecular weight is 260 g/mol. The summed E-state index contributed by atoms with van der Waals surface area (Å²) >= 11 is 0. The molecule has 0 radical (unpaired) electrons. The third-order valence-electron chi connectivity index (χ3n) is 1.75. The van der Waals surface area contributed by atoms with Crippen LogP contribution in [0.15, 0.2) is 30.3 Å². The zero-order chi connectivity index (χ0) is 12.7. The Balaban J connectivity index is 2.57.